The molecule has 0 spiro atoms. The lowest BCUT2D eigenvalue weighted by Crippen LogP contribution is -1.98. The Bertz CT molecular complexity index is 396. The summed E-state index contributed by atoms with van der Waals surface area (Å²) in [6.07, 6.45) is 0. The zero-order chi connectivity index (χ0) is 10.9. The van der Waals surface area contributed by atoms with Crippen molar-refractivity contribution in [3.05, 3.63) is 38.7 Å². The highest BCUT2D eigenvalue weighted by Gasteiger charge is 2.21. The minimum absolute atomic E-state index is 0.0121. The summed E-state index contributed by atoms with van der Waals surface area (Å²) in [7, 11) is 0. The first-order valence-corrected chi connectivity index (χ1v) is 3.95. The Morgan fingerprint density at radius 2 is 2.14 bits per heavy atom. The number of carbonyl (C=O) groups excluding carboxylic acids is 1. The van der Waals surface area contributed by atoms with E-state index in [4.69, 9.17) is 11.6 Å². The Hall–Kier alpha value is -1.49. The van der Waals surface area contributed by atoms with E-state index < -0.39 is 22.2 Å². The number of benzene rings is 1. The third kappa shape index (κ3) is 1.88. The summed E-state index contributed by atoms with van der Waals surface area (Å²) in [5.74, 6) is -1.51. The van der Waals surface area contributed by atoms with E-state index in [9.17, 15) is 19.3 Å². The summed E-state index contributed by atoms with van der Waals surface area (Å²) >= 11 is 5.44. The molecule has 0 aliphatic heterocycles. The topological polar surface area (TPSA) is 60.2 Å². The Kier molecular flexibility index (Phi) is 2.81. The standard InChI is InChI=1S/C8H5ClFNO3/c1-4(12)5-2-6(9)8(11(13)14)7(10)3-5/h2-3H,1H3. The van der Waals surface area contributed by atoms with Gasteiger partial charge in [-0.25, -0.2) is 0 Å². The van der Waals surface area contributed by atoms with Crippen LogP contribution in [0, 0.1) is 15.9 Å². The van der Waals surface area contributed by atoms with Crippen molar-refractivity contribution < 1.29 is 14.1 Å². The van der Waals surface area contributed by atoms with E-state index in [1.807, 2.05) is 0 Å². The van der Waals surface area contributed by atoms with Crippen LogP contribution in [0.5, 0.6) is 0 Å². The van der Waals surface area contributed by atoms with Crippen molar-refractivity contribution in [3.63, 3.8) is 0 Å². The number of ketones is 1. The van der Waals surface area contributed by atoms with Gasteiger partial charge in [0.05, 0.1) is 4.92 Å². The molecular formula is C8H5ClFNO3. The molecule has 1 aromatic rings. The average molecular weight is 218 g/mol. The van der Waals surface area contributed by atoms with E-state index in [0.717, 1.165) is 12.1 Å². The van der Waals surface area contributed by atoms with Crippen molar-refractivity contribution in [1.82, 2.24) is 0 Å². The SMILES string of the molecule is CC(=O)c1cc(F)c([N+](=O)[O-])c(Cl)c1. The first-order chi connectivity index (χ1) is 6.43. The fourth-order valence-corrected chi connectivity index (χ4v) is 1.22. The molecule has 6 heteroatoms. The van der Waals surface area contributed by atoms with Crippen LogP contribution in [0.15, 0.2) is 12.1 Å². The van der Waals surface area contributed by atoms with Gasteiger partial charge in [0.25, 0.3) is 0 Å². The molecule has 0 N–H and O–H groups in total. The highest BCUT2D eigenvalue weighted by molar-refractivity contribution is 6.33. The number of nitrogens with zero attached hydrogens (tertiary/aromatic N) is 1. The Morgan fingerprint density at radius 1 is 1.57 bits per heavy atom. The molecule has 74 valence electrons. The molecule has 0 bridgehead atoms. The Labute approximate surface area is 83.4 Å². The molecule has 1 aromatic carbocycles. The van der Waals surface area contributed by atoms with Crippen molar-refractivity contribution in [2.45, 2.75) is 6.92 Å². The van der Waals surface area contributed by atoms with Gasteiger partial charge in [0, 0.05) is 5.56 Å². The van der Waals surface area contributed by atoms with Crippen molar-refractivity contribution in [3.8, 4) is 0 Å². The zero-order valence-corrected chi connectivity index (χ0v) is 7.84. The smallest absolute Gasteiger partial charge is 0.295 e. The molecule has 0 fully saturated rings. The van der Waals surface area contributed by atoms with Gasteiger partial charge in [-0.05, 0) is 19.1 Å². The number of hydrogen-bond donors (Lipinski definition) is 0. The van der Waals surface area contributed by atoms with Gasteiger partial charge in [-0.15, -0.1) is 0 Å². The highest BCUT2D eigenvalue weighted by Crippen LogP contribution is 2.28. The lowest BCUT2D eigenvalue weighted by molar-refractivity contribution is -0.387. The van der Waals surface area contributed by atoms with Gasteiger partial charge < -0.3 is 0 Å². The van der Waals surface area contributed by atoms with E-state index in [1.165, 1.54) is 6.92 Å². The maximum atomic E-state index is 13.0. The van der Waals surface area contributed by atoms with Gasteiger partial charge in [-0.2, -0.15) is 4.39 Å². The van der Waals surface area contributed by atoms with E-state index in [-0.39, 0.29) is 10.6 Å². The molecule has 0 aliphatic rings. The summed E-state index contributed by atoms with van der Waals surface area (Å²) < 4.78 is 13.0. The molecular weight excluding hydrogens is 213 g/mol. The fraction of sp³-hybridized carbons (Fsp3) is 0.125. The number of rotatable bonds is 2. The van der Waals surface area contributed by atoms with Crippen LogP contribution in [0.2, 0.25) is 5.02 Å². The molecule has 1 rings (SSSR count). The van der Waals surface area contributed by atoms with Crippen LogP contribution < -0.4 is 0 Å². The van der Waals surface area contributed by atoms with Gasteiger partial charge in [0.15, 0.2) is 5.78 Å². The normalized spacial score (nSPS) is 9.93. The first-order valence-electron chi connectivity index (χ1n) is 3.58. The van der Waals surface area contributed by atoms with Gasteiger partial charge in [-0.3, -0.25) is 14.9 Å². The van der Waals surface area contributed by atoms with Gasteiger partial charge >= 0.3 is 5.69 Å². The maximum absolute atomic E-state index is 13.0. The summed E-state index contributed by atoms with van der Waals surface area (Å²) in [6.45, 7) is 1.22. The lowest BCUT2D eigenvalue weighted by atomic mass is 10.1. The second kappa shape index (κ2) is 3.71. The third-order valence-corrected chi connectivity index (χ3v) is 1.89. The molecule has 0 unspecified atom stereocenters. The van der Waals surface area contributed by atoms with Crippen molar-refractivity contribution in [2.75, 3.05) is 0 Å². The number of Topliss-reactive ketones (excluding diaryl/α,β-unsaturated/α-hetero) is 1. The van der Waals surface area contributed by atoms with Crippen LogP contribution in [-0.4, -0.2) is 10.7 Å². The second-order valence-corrected chi connectivity index (χ2v) is 3.01. The number of carbonyl (C=O) groups is 1. The fourth-order valence-electron chi connectivity index (χ4n) is 0.943. The number of hydrogen-bond acceptors (Lipinski definition) is 3. The monoisotopic (exact) mass is 217 g/mol. The summed E-state index contributed by atoms with van der Waals surface area (Å²) in [5, 5.41) is 9.95. The molecule has 0 radical (unpaired) electrons. The Balaban J connectivity index is 3.39. The molecule has 0 amide bonds. The van der Waals surface area contributed by atoms with Crippen molar-refractivity contribution in [2.24, 2.45) is 0 Å². The quantitative estimate of drug-likeness (QED) is 0.435. The summed E-state index contributed by atoms with van der Waals surface area (Å²) in [6, 6.07) is 1.87. The van der Waals surface area contributed by atoms with Gasteiger partial charge in [0.2, 0.25) is 5.82 Å². The van der Waals surface area contributed by atoms with Crippen molar-refractivity contribution >= 4 is 23.1 Å². The van der Waals surface area contributed by atoms with E-state index >= 15 is 0 Å². The molecule has 4 nitrogen and oxygen atoms in total. The second-order valence-electron chi connectivity index (χ2n) is 2.60. The number of nitro benzene ring substituents is 1. The first kappa shape index (κ1) is 10.6. The van der Waals surface area contributed by atoms with Crippen LogP contribution >= 0.6 is 11.6 Å². The average Bonchev–Trinajstić information content (AvgIpc) is 2.01. The lowest BCUT2D eigenvalue weighted by Gasteiger charge is -1.99. The van der Waals surface area contributed by atoms with Crippen LogP contribution in [0.4, 0.5) is 10.1 Å². The van der Waals surface area contributed by atoms with E-state index in [1.54, 1.807) is 0 Å². The number of halogens is 2. The minimum atomic E-state index is -1.10. The predicted molar refractivity (Wildman–Crippen MR) is 48.1 cm³/mol. The molecule has 14 heavy (non-hydrogen) atoms. The Morgan fingerprint density at radius 3 is 2.50 bits per heavy atom. The van der Waals surface area contributed by atoms with E-state index in [0.29, 0.717) is 0 Å². The number of nitro groups is 1. The zero-order valence-electron chi connectivity index (χ0n) is 7.08. The van der Waals surface area contributed by atoms with Crippen molar-refractivity contribution in [1.29, 1.82) is 0 Å². The molecule has 0 aromatic heterocycles. The largest absolute Gasteiger partial charge is 0.323 e. The molecule has 0 heterocycles. The molecule has 0 atom stereocenters. The third-order valence-electron chi connectivity index (χ3n) is 1.61. The highest BCUT2D eigenvalue weighted by atomic mass is 35.5. The predicted octanol–water partition coefficient (Wildman–Crippen LogP) is 2.59. The molecule has 0 saturated carbocycles. The van der Waals surface area contributed by atoms with Crippen LogP contribution in [-0.2, 0) is 0 Å². The van der Waals surface area contributed by atoms with Gasteiger partial charge in [0.1, 0.15) is 5.02 Å². The summed E-state index contributed by atoms with van der Waals surface area (Å²) in [5.41, 5.74) is -0.797. The van der Waals surface area contributed by atoms with Crippen LogP contribution in [0.25, 0.3) is 0 Å². The molecule has 0 saturated heterocycles. The van der Waals surface area contributed by atoms with Crippen LogP contribution in [0.3, 0.4) is 0 Å². The van der Waals surface area contributed by atoms with Gasteiger partial charge in [-0.1, -0.05) is 11.6 Å². The summed E-state index contributed by atoms with van der Waals surface area (Å²) in [4.78, 5) is 20.2. The van der Waals surface area contributed by atoms with E-state index in [2.05, 4.69) is 0 Å². The maximum Gasteiger partial charge on any atom is 0.323 e. The van der Waals surface area contributed by atoms with Crippen LogP contribution in [0.1, 0.15) is 17.3 Å². The molecule has 0 aliphatic carbocycles. The minimum Gasteiger partial charge on any atom is -0.295 e.